The fourth-order valence-electron chi connectivity index (χ4n) is 3.76. The van der Waals surface area contributed by atoms with Crippen LogP contribution < -0.4 is 0 Å². The van der Waals surface area contributed by atoms with E-state index in [1.165, 1.54) is 12.1 Å². The number of aryl methyl sites for hydroxylation is 2. The van der Waals surface area contributed by atoms with Gasteiger partial charge in [-0.2, -0.15) is 0 Å². The van der Waals surface area contributed by atoms with Crippen molar-refractivity contribution in [1.82, 2.24) is 4.90 Å². The second kappa shape index (κ2) is 7.55. The summed E-state index contributed by atoms with van der Waals surface area (Å²) in [6.45, 7) is 4.30. The second-order valence-corrected chi connectivity index (χ2v) is 7.50. The number of amides is 1. The van der Waals surface area contributed by atoms with Gasteiger partial charge in [0.15, 0.2) is 5.76 Å². The first-order valence-corrected chi connectivity index (χ1v) is 9.56. The number of carbonyl (C=O) groups is 1. The van der Waals surface area contributed by atoms with E-state index in [9.17, 15) is 14.3 Å². The third kappa shape index (κ3) is 3.66. The lowest BCUT2D eigenvalue weighted by molar-refractivity contribution is -0.130. The lowest BCUT2D eigenvalue weighted by Crippen LogP contribution is -2.29. The maximum Gasteiger partial charge on any atom is 0.290 e. The number of aliphatic hydroxyl groups is 1. The van der Waals surface area contributed by atoms with Gasteiger partial charge in [-0.1, -0.05) is 71.8 Å². The minimum Gasteiger partial charge on any atom is -0.503 e. The molecule has 1 aliphatic rings. The van der Waals surface area contributed by atoms with E-state index in [2.05, 4.69) is 0 Å². The summed E-state index contributed by atoms with van der Waals surface area (Å²) in [7, 11) is 0. The number of benzene rings is 3. The second-order valence-electron chi connectivity index (χ2n) is 7.50. The van der Waals surface area contributed by atoms with Crippen LogP contribution in [0, 0.1) is 19.7 Å². The summed E-state index contributed by atoms with van der Waals surface area (Å²) in [6, 6.07) is 21.2. The molecule has 0 saturated carbocycles. The van der Waals surface area contributed by atoms with E-state index in [0.717, 1.165) is 22.3 Å². The van der Waals surface area contributed by atoms with Crippen molar-refractivity contribution in [1.29, 1.82) is 0 Å². The van der Waals surface area contributed by atoms with E-state index in [4.69, 9.17) is 0 Å². The maximum absolute atomic E-state index is 14.0. The summed E-state index contributed by atoms with van der Waals surface area (Å²) >= 11 is 0. The summed E-state index contributed by atoms with van der Waals surface area (Å²) in [4.78, 5) is 14.6. The van der Waals surface area contributed by atoms with E-state index in [0.29, 0.717) is 17.7 Å². The molecule has 4 heteroatoms. The molecule has 1 atom stereocenters. The smallest absolute Gasteiger partial charge is 0.290 e. The standard InChI is InChI=1S/C25H22FNO2/c1-16-6-10-18(11-7-16)15-27-23(20-4-3-5-21(26)14-20)22(24(28)25(27)29)19-12-8-17(2)9-13-19/h3-14,23,28H,15H2,1-2H3/t23-/m0/s1. The van der Waals surface area contributed by atoms with Crippen molar-refractivity contribution in [2.45, 2.75) is 26.4 Å². The quantitative estimate of drug-likeness (QED) is 0.643. The van der Waals surface area contributed by atoms with Gasteiger partial charge in [-0.25, -0.2) is 4.39 Å². The van der Waals surface area contributed by atoms with Gasteiger partial charge in [-0.05, 0) is 42.7 Å². The van der Waals surface area contributed by atoms with Crippen LogP contribution in [0.3, 0.4) is 0 Å². The number of aliphatic hydroxyl groups excluding tert-OH is 1. The summed E-state index contributed by atoms with van der Waals surface area (Å²) in [6.07, 6.45) is 0. The Bertz CT molecular complexity index is 1080. The van der Waals surface area contributed by atoms with Crippen LogP contribution in [-0.4, -0.2) is 15.9 Å². The summed E-state index contributed by atoms with van der Waals surface area (Å²) < 4.78 is 14.0. The van der Waals surface area contributed by atoms with Crippen LogP contribution in [0.25, 0.3) is 5.57 Å². The van der Waals surface area contributed by atoms with Gasteiger partial charge in [0.25, 0.3) is 5.91 Å². The van der Waals surface area contributed by atoms with Crippen molar-refractivity contribution in [2.75, 3.05) is 0 Å². The Morgan fingerprint density at radius 2 is 1.55 bits per heavy atom. The third-order valence-electron chi connectivity index (χ3n) is 5.30. The largest absolute Gasteiger partial charge is 0.503 e. The van der Waals surface area contributed by atoms with Gasteiger partial charge in [-0.15, -0.1) is 0 Å². The normalized spacial score (nSPS) is 16.6. The molecule has 29 heavy (non-hydrogen) atoms. The SMILES string of the molecule is Cc1ccc(CN2C(=O)C(O)=C(c3ccc(C)cc3)[C@@H]2c2cccc(F)c2)cc1. The highest BCUT2D eigenvalue weighted by Crippen LogP contribution is 2.43. The Morgan fingerprint density at radius 1 is 0.931 bits per heavy atom. The van der Waals surface area contributed by atoms with E-state index in [1.807, 2.05) is 62.4 Å². The van der Waals surface area contributed by atoms with Gasteiger partial charge >= 0.3 is 0 Å². The first-order chi connectivity index (χ1) is 13.9. The average molecular weight is 387 g/mol. The molecule has 0 spiro atoms. The topological polar surface area (TPSA) is 40.5 Å². The zero-order valence-electron chi connectivity index (χ0n) is 16.4. The van der Waals surface area contributed by atoms with Crippen molar-refractivity contribution in [3.8, 4) is 0 Å². The molecular weight excluding hydrogens is 365 g/mol. The van der Waals surface area contributed by atoms with Crippen LogP contribution in [0.5, 0.6) is 0 Å². The Kier molecular flexibility index (Phi) is 4.93. The minimum atomic E-state index is -0.567. The molecule has 0 fully saturated rings. The molecule has 0 saturated heterocycles. The highest BCUT2D eigenvalue weighted by molar-refractivity contribution is 6.05. The lowest BCUT2D eigenvalue weighted by Gasteiger charge is -2.27. The molecule has 0 aliphatic carbocycles. The molecule has 146 valence electrons. The van der Waals surface area contributed by atoms with Crippen molar-refractivity contribution >= 4 is 11.5 Å². The van der Waals surface area contributed by atoms with Crippen molar-refractivity contribution in [3.05, 3.63) is 112 Å². The molecule has 4 rings (SSSR count). The fourth-order valence-corrected chi connectivity index (χ4v) is 3.76. The number of halogens is 1. The van der Waals surface area contributed by atoms with Crippen molar-refractivity contribution < 1.29 is 14.3 Å². The van der Waals surface area contributed by atoms with Crippen LogP contribution >= 0.6 is 0 Å². The molecular formula is C25H22FNO2. The molecule has 1 heterocycles. The number of nitrogens with zero attached hydrogens (tertiary/aromatic N) is 1. The van der Waals surface area contributed by atoms with Crippen molar-refractivity contribution in [3.63, 3.8) is 0 Å². The molecule has 0 unspecified atom stereocenters. The molecule has 3 aromatic carbocycles. The average Bonchev–Trinajstić information content (AvgIpc) is 2.95. The molecule has 1 amide bonds. The molecule has 1 N–H and O–H groups in total. The number of hydrogen-bond acceptors (Lipinski definition) is 2. The van der Waals surface area contributed by atoms with E-state index in [-0.39, 0.29) is 11.6 Å². The fraction of sp³-hybridized carbons (Fsp3) is 0.160. The van der Waals surface area contributed by atoms with Gasteiger partial charge in [-0.3, -0.25) is 4.79 Å². The summed E-state index contributed by atoms with van der Waals surface area (Å²) in [5, 5.41) is 10.8. The van der Waals surface area contributed by atoms with E-state index < -0.39 is 11.9 Å². The van der Waals surface area contributed by atoms with E-state index >= 15 is 0 Å². The summed E-state index contributed by atoms with van der Waals surface area (Å²) in [5.74, 6) is -1.11. The Morgan fingerprint density at radius 3 is 2.17 bits per heavy atom. The Balaban J connectivity index is 1.81. The first-order valence-electron chi connectivity index (χ1n) is 9.56. The van der Waals surface area contributed by atoms with Crippen LogP contribution in [0.1, 0.15) is 33.9 Å². The summed E-state index contributed by atoms with van der Waals surface area (Å²) in [5.41, 5.74) is 5.05. The van der Waals surface area contributed by atoms with Gasteiger partial charge < -0.3 is 10.0 Å². The van der Waals surface area contributed by atoms with E-state index in [1.54, 1.807) is 17.0 Å². The molecule has 1 aliphatic heterocycles. The molecule has 3 aromatic rings. The van der Waals surface area contributed by atoms with Gasteiger partial charge in [0.05, 0.1) is 6.04 Å². The van der Waals surface area contributed by atoms with Crippen molar-refractivity contribution in [2.24, 2.45) is 0 Å². The van der Waals surface area contributed by atoms with Crippen LogP contribution in [-0.2, 0) is 11.3 Å². The predicted molar refractivity (Wildman–Crippen MR) is 112 cm³/mol. The number of hydrogen-bond donors (Lipinski definition) is 1. The highest BCUT2D eigenvalue weighted by atomic mass is 19.1. The zero-order valence-corrected chi connectivity index (χ0v) is 16.4. The molecule has 0 bridgehead atoms. The van der Waals surface area contributed by atoms with Crippen LogP contribution in [0.4, 0.5) is 4.39 Å². The maximum atomic E-state index is 14.0. The van der Waals surface area contributed by atoms with Gasteiger partial charge in [0, 0.05) is 12.1 Å². The zero-order chi connectivity index (χ0) is 20.5. The van der Waals surface area contributed by atoms with Crippen LogP contribution in [0.2, 0.25) is 0 Å². The molecule has 0 radical (unpaired) electrons. The third-order valence-corrected chi connectivity index (χ3v) is 5.30. The van der Waals surface area contributed by atoms with Gasteiger partial charge in [0.1, 0.15) is 5.82 Å². The van der Waals surface area contributed by atoms with Gasteiger partial charge in [0.2, 0.25) is 0 Å². The number of rotatable bonds is 4. The lowest BCUT2D eigenvalue weighted by atomic mass is 9.93. The van der Waals surface area contributed by atoms with Crippen LogP contribution in [0.15, 0.2) is 78.6 Å². The first kappa shape index (κ1) is 18.9. The molecule has 0 aromatic heterocycles. The minimum absolute atomic E-state index is 0.282. The Labute approximate surface area is 169 Å². The predicted octanol–water partition coefficient (Wildman–Crippen LogP) is 5.50. The Hall–Kier alpha value is -3.40. The number of carbonyl (C=O) groups excluding carboxylic acids is 1. The molecule has 3 nitrogen and oxygen atoms in total. The highest BCUT2D eigenvalue weighted by Gasteiger charge is 2.41. The monoisotopic (exact) mass is 387 g/mol.